The average Bonchev–Trinajstić information content (AvgIpc) is 3.27. The van der Waals surface area contributed by atoms with E-state index in [4.69, 9.17) is 0 Å². The predicted octanol–water partition coefficient (Wildman–Crippen LogP) is 6.11. The summed E-state index contributed by atoms with van der Waals surface area (Å²) in [5.41, 5.74) is 11.0. The van der Waals surface area contributed by atoms with Crippen molar-refractivity contribution in [3.05, 3.63) is 119 Å². The Bertz CT molecular complexity index is 918. The second-order valence-electron chi connectivity index (χ2n) is 6.79. The van der Waals surface area contributed by atoms with Crippen molar-refractivity contribution in [3.8, 4) is 22.3 Å². The summed E-state index contributed by atoms with van der Waals surface area (Å²) >= 11 is 0. The smallest absolute Gasteiger partial charge is 0.179 e. The van der Waals surface area contributed by atoms with Crippen LogP contribution in [0.3, 0.4) is 0 Å². The molecule has 0 unspecified atom stereocenters. The van der Waals surface area contributed by atoms with Gasteiger partial charge in [-0.05, 0) is 12.8 Å². The van der Waals surface area contributed by atoms with E-state index in [-0.39, 0.29) is 17.1 Å². The van der Waals surface area contributed by atoms with Gasteiger partial charge in [0.2, 0.25) is 0 Å². The molecule has 0 N–H and O–H groups in total. The van der Waals surface area contributed by atoms with Gasteiger partial charge in [-0.15, -0.1) is 11.1 Å². The second-order valence-corrected chi connectivity index (χ2v) is 6.79. The molecule has 0 nitrogen and oxygen atoms in total. The zero-order chi connectivity index (χ0) is 17.3. The first-order valence-electron chi connectivity index (χ1n) is 9.06. The van der Waals surface area contributed by atoms with Gasteiger partial charge in [0.15, 0.2) is 0 Å². The van der Waals surface area contributed by atoms with Crippen LogP contribution in [0.5, 0.6) is 0 Å². The molecule has 4 aromatic rings. The van der Waals surface area contributed by atoms with E-state index in [1.54, 1.807) is 0 Å². The molecule has 27 heavy (non-hydrogen) atoms. The Labute approximate surface area is 171 Å². The van der Waals surface area contributed by atoms with Crippen LogP contribution in [0, 0.1) is 12.1 Å². The number of rotatable bonds is 0. The molecular weight excluding hydrogens is 368 g/mol. The summed E-state index contributed by atoms with van der Waals surface area (Å²) in [6.07, 6.45) is 2.10. The van der Waals surface area contributed by atoms with E-state index < -0.39 is 0 Å². The molecule has 0 heterocycles. The standard InChI is InChI=1S/2C13H9.Fe/c2*1-3-7-12-10(5-1)9-11-6-2-4-8-13(11)12;/h2*1-5,7-8H,9H2;/q2*-1;+2. The third-order valence-corrected chi connectivity index (χ3v) is 5.23. The van der Waals surface area contributed by atoms with E-state index in [1.165, 1.54) is 44.5 Å². The van der Waals surface area contributed by atoms with Gasteiger partial charge in [0, 0.05) is 0 Å². The van der Waals surface area contributed by atoms with E-state index in [2.05, 4.69) is 84.9 Å². The van der Waals surface area contributed by atoms with E-state index >= 15 is 0 Å². The van der Waals surface area contributed by atoms with E-state index in [9.17, 15) is 0 Å². The summed E-state index contributed by atoms with van der Waals surface area (Å²) < 4.78 is 0. The maximum atomic E-state index is 3.30. The first-order chi connectivity index (χ1) is 12.9. The van der Waals surface area contributed by atoms with Crippen LogP contribution in [0.25, 0.3) is 22.3 Å². The van der Waals surface area contributed by atoms with Crippen molar-refractivity contribution in [3.63, 3.8) is 0 Å². The average molecular weight is 386 g/mol. The Morgan fingerprint density at radius 3 is 1.37 bits per heavy atom. The molecule has 1 heteroatoms. The molecule has 0 bridgehead atoms. The van der Waals surface area contributed by atoms with Crippen LogP contribution >= 0.6 is 0 Å². The summed E-state index contributed by atoms with van der Waals surface area (Å²) in [6.45, 7) is 0. The Balaban J connectivity index is 0.000000129. The zero-order valence-electron chi connectivity index (χ0n) is 14.9. The largest absolute Gasteiger partial charge is 2.00 e. The molecule has 0 aliphatic heterocycles. The van der Waals surface area contributed by atoms with E-state index in [1.807, 2.05) is 12.1 Å². The quantitative estimate of drug-likeness (QED) is 0.218. The van der Waals surface area contributed by atoms with E-state index in [0.29, 0.717) is 0 Å². The minimum atomic E-state index is 0. The van der Waals surface area contributed by atoms with Gasteiger partial charge in [-0.25, -0.2) is 0 Å². The molecule has 130 valence electrons. The molecule has 0 atom stereocenters. The molecule has 0 amide bonds. The fourth-order valence-corrected chi connectivity index (χ4v) is 4.00. The molecule has 0 fully saturated rings. The summed E-state index contributed by atoms with van der Waals surface area (Å²) in [5, 5.41) is 0. The number of hydrogen-bond acceptors (Lipinski definition) is 0. The second kappa shape index (κ2) is 7.56. The molecule has 0 radical (unpaired) electrons. The van der Waals surface area contributed by atoms with Crippen LogP contribution in [0.1, 0.15) is 22.3 Å². The van der Waals surface area contributed by atoms with Crippen LogP contribution in [0.4, 0.5) is 0 Å². The zero-order valence-corrected chi connectivity index (χ0v) is 16.0. The molecule has 2 aliphatic carbocycles. The van der Waals surface area contributed by atoms with Crippen molar-refractivity contribution in [1.29, 1.82) is 0 Å². The van der Waals surface area contributed by atoms with Crippen molar-refractivity contribution < 1.29 is 17.1 Å². The number of hydrogen-bond donors (Lipinski definition) is 0. The fourth-order valence-electron chi connectivity index (χ4n) is 4.00. The molecular formula is C26H18Fe. The van der Waals surface area contributed by atoms with Crippen LogP contribution < -0.4 is 0 Å². The summed E-state index contributed by atoms with van der Waals surface area (Å²) in [5.74, 6) is 0. The molecule has 0 spiro atoms. The van der Waals surface area contributed by atoms with Gasteiger partial charge in [-0.1, -0.05) is 70.8 Å². The third-order valence-electron chi connectivity index (χ3n) is 5.23. The Morgan fingerprint density at radius 2 is 0.889 bits per heavy atom. The van der Waals surface area contributed by atoms with Crippen LogP contribution in [-0.2, 0) is 29.9 Å². The number of fused-ring (bicyclic) bond motifs is 6. The molecule has 0 aromatic heterocycles. The Morgan fingerprint density at radius 1 is 0.481 bits per heavy atom. The van der Waals surface area contributed by atoms with Crippen molar-refractivity contribution >= 4 is 0 Å². The maximum Gasteiger partial charge on any atom is 2.00 e. The summed E-state index contributed by atoms with van der Waals surface area (Å²) in [4.78, 5) is 0. The molecule has 0 saturated heterocycles. The molecule has 6 rings (SSSR count). The maximum absolute atomic E-state index is 3.30. The van der Waals surface area contributed by atoms with Crippen molar-refractivity contribution in [2.24, 2.45) is 0 Å². The summed E-state index contributed by atoms with van der Waals surface area (Å²) in [6, 6.07) is 36.2. The van der Waals surface area contributed by atoms with Gasteiger partial charge in [0.25, 0.3) is 0 Å². The first-order valence-corrected chi connectivity index (χ1v) is 9.06. The van der Waals surface area contributed by atoms with Crippen LogP contribution in [0.15, 0.2) is 84.9 Å². The first kappa shape index (κ1) is 17.8. The van der Waals surface area contributed by atoms with Crippen molar-refractivity contribution in [2.45, 2.75) is 12.8 Å². The molecule has 0 saturated carbocycles. The van der Waals surface area contributed by atoms with Crippen LogP contribution in [0.2, 0.25) is 0 Å². The molecule has 4 aromatic carbocycles. The van der Waals surface area contributed by atoms with Gasteiger partial charge >= 0.3 is 17.1 Å². The normalized spacial score (nSPS) is 11.9. The van der Waals surface area contributed by atoms with Gasteiger partial charge in [0.1, 0.15) is 0 Å². The SMILES string of the molecule is [Fe+2].[c-]1cccc2c1Cc1ccccc1-2.[c-]1cccc2c1Cc1ccccc1-2. The summed E-state index contributed by atoms with van der Waals surface area (Å²) in [7, 11) is 0. The molecule has 2 aliphatic rings. The minimum absolute atomic E-state index is 0. The minimum Gasteiger partial charge on any atom is -0.179 e. The van der Waals surface area contributed by atoms with E-state index in [0.717, 1.165) is 12.8 Å². The Hall–Kier alpha value is -2.60. The number of benzene rings is 4. The van der Waals surface area contributed by atoms with Gasteiger partial charge < -0.3 is 0 Å². The monoisotopic (exact) mass is 386 g/mol. The topological polar surface area (TPSA) is 0 Å². The van der Waals surface area contributed by atoms with Crippen molar-refractivity contribution in [2.75, 3.05) is 0 Å². The van der Waals surface area contributed by atoms with Gasteiger partial charge in [-0.2, -0.15) is 59.7 Å². The van der Waals surface area contributed by atoms with Crippen LogP contribution in [-0.4, -0.2) is 0 Å². The van der Waals surface area contributed by atoms with Crippen molar-refractivity contribution in [1.82, 2.24) is 0 Å². The fraction of sp³-hybridized carbons (Fsp3) is 0.0769. The predicted molar refractivity (Wildman–Crippen MR) is 107 cm³/mol. The van der Waals surface area contributed by atoms with Gasteiger partial charge in [0.05, 0.1) is 0 Å². The Kier molecular flexibility index (Phi) is 4.98. The third kappa shape index (κ3) is 3.25. The van der Waals surface area contributed by atoms with Gasteiger partial charge in [-0.3, -0.25) is 0 Å².